The van der Waals surface area contributed by atoms with Gasteiger partial charge in [-0.2, -0.15) is 23.2 Å². The SMILES string of the molecule is IB1SCCS1. The molecule has 0 bridgehead atoms. The average molecular weight is 230 g/mol. The third-order valence-corrected chi connectivity index (χ3v) is 5.22. The highest BCUT2D eigenvalue weighted by Crippen LogP contribution is 2.31. The largest absolute Gasteiger partial charge is 0.346 e. The Kier molecular flexibility index (Phi) is 2.55. The summed E-state index contributed by atoms with van der Waals surface area (Å²) in [4.78, 5) is 0. The molecule has 1 saturated heterocycles. The molecule has 0 nitrogen and oxygen atoms in total. The second kappa shape index (κ2) is 2.72. The number of hydrogen-bond donors (Lipinski definition) is 0. The van der Waals surface area contributed by atoms with Crippen molar-refractivity contribution in [3.05, 3.63) is 0 Å². The van der Waals surface area contributed by atoms with Crippen LogP contribution in [0.2, 0.25) is 0 Å². The van der Waals surface area contributed by atoms with Gasteiger partial charge in [-0.3, -0.25) is 0 Å². The molecule has 0 radical (unpaired) electrons. The van der Waals surface area contributed by atoms with E-state index in [2.05, 4.69) is 22.4 Å². The van der Waals surface area contributed by atoms with E-state index in [1.165, 1.54) is 11.5 Å². The van der Waals surface area contributed by atoms with Crippen molar-refractivity contribution in [1.29, 1.82) is 0 Å². The van der Waals surface area contributed by atoms with Gasteiger partial charge in [0.25, 0.3) is 0 Å². The van der Waals surface area contributed by atoms with E-state index in [0.717, 1.165) is 3.13 Å². The topological polar surface area (TPSA) is 0 Å². The minimum atomic E-state index is 0.850. The van der Waals surface area contributed by atoms with Crippen molar-refractivity contribution in [3.8, 4) is 0 Å². The fraction of sp³-hybridized carbons (Fsp3) is 1.00. The van der Waals surface area contributed by atoms with Crippen LogP contribution < -0.4 is 0 Å². The van der Waals surface area contributed by atoms with Gasteiger partial charge in [0.1, 0.15) is 0 Å². The molecule has 0 aromatic carbocycles. The summed E-state index contributed by atoms with van der Waals surface area (Å²) >= 11 is 6.55. The van der Waals surface area contributed by atoms with E-state index in [9.17, 15) is 0 Å². The maximum absolute atomic E-state index is 2.46. The van der Waals surface area contributed by atoms with Gasteiger partial charge in [0.05, 0.1) is 0 Å². The molecule has 1 rings (SSSR count). The van der Waals surface area contributed by atoms with Crippen LogP contribution in [0, 0.1) is 0 Å². The van der Waals surface area contributed by atoms with E-state index in [1.807, 2.05) is 23.2 Å². The summed E-state index contributed by atoms with van der Waals surface area (Å²) in [5.74, 6) is 2.72. The average Bonchev–Trinajstić information content (AvgIpc) is 1.86. The first-order valence-corrected chi connectivity index (χ1v) is 5.11. The van der Waals surface area contributed by atoms with Crippen LogP contribution in [0.1, 0.15) is 0 Å². The Morgan fingerprint density at radius 2 is 1.83 bits per heavy atom. The molecule has 1 heterocycles. The minimum absolute atomic E-state index is 0.850. The molecule has 1 aliphatic heterocycles. The molecule has 6 heavy (non-hydrogen) atoms. The van der Waals surface area contributed by atoms with Crippen LogP contribution in [0.4, 0.5) is 0 Å². The molecule has 0 N–H and O–H groups in total. The van der Waals surface area contributed by atoms with Crippen LogP contribution in [-0.4, -0.2) is 14.6 Å². The zero-order chi connectivity index (χ0) is 4.41. The molecule has 4 heteroatoms. The Morgan fingerprint density at radius 1 is 1.33 bits per heavy atom. The lowest BCUT2D eigenvalue weighted by atomic mass is 10.7. The lowest BCUT2D eigenvalue weighted by Gasteiger charge is -1.81. The second-order valence-electron chi connectivity index (χ2n) is 1.02. The monoisotopic (exact) mass is 230 g/mol. The van der Waals surface area contributed by atoms with Crippen molar-refractivity contribution in [2.24, 2.45) is 0 Å². The van der Waals surface area contributed by atoms with Crippen LogP contribution in [0.3, 0.4) is 0 Å². The zero-order valence-corrected chi connectivity index (χ0v) is 6.98. The molecule has 1 aliphatic rings. The Balaban J connectivity index is 2.18. The summed E-state index contributed by atoms with van der Waals surface area (Å²) in [5.41, 5.74) is 0. The van der Waals surface area contributed by atoms with Crippen LogP contribution in [0.15, 0.2) is 0 Å². The highest BCUT2D eigenvalue weighted by atomic mass is 127. The summed E-state index contributed by atoms with van der Waals surface area (Å²) < 4.78 is 0.850. The third-order valence-electron chi connectivity index (χ3n) is 0.581. The van der Waals surface area contributed by atoms with Crippen LogP contribution >= 0.6 is 45.6 Å². The first-order chi connectivity index (χ1) is 2.89. The van der Waals surface area contributed by atoms with E-state index in [-0.39, 0.29) is 0 Å². The van der Waals surface area contributed by atoms with Gasteiger partial charge in [-0.25, -0.2) is 0 Å². The molecule has 0 aromatic rings. The van der Waals surface area contributed by atoms with Crippen molar-refractivity contribution in [2.45, 2.75) is 0 Å². The molecular weight excluding hydrogens is 226 g/mol. The van der Waals surface area contributed by atoms with Crippen molar-refractivity contribution in [2.75, 3.05) is 11.5 Å². The smallest absolute Gasteiger partial charge is 0.183 e. The van der Waals surface area contributed by atoms with Crippen molar-refractivity contribution >= 4 is 48.7 Å². The van der Waals surface area contributed by atoms with Crippen LogP contribution in [0.25, 0.3) is 0 Å². The Labute approximate surface area is 60.0 Å². The van der Waals surface area contributed by atoms with Gasteiger partial charge in [0, 0.05) is 0 Å². The number of rotatable bonds is 0. The molecule has 0 aliphatic carbocycles. The maximum atomic E-state index is 2.46. The molecule has 0 atom stereocenters. The Bertz CT molecular complexity index is 44.8. The van der Waals surface area contributed by atoms with Crippen molar-refractivity contribution < 1.29 is 0 Å². The Morgan fingerprint density at radius 3 is 2.00 bits per heavy atom. The predicted octanol–water partition coefficient (Wildman–Crippen LogP) is 1.89. The molecule has 0 spiro atoms. The third kappa shape index (κ3) is 1.54. The van der Waals surface area contributed by atoms with Gasteiger partial charge in [-0.15, -0.1) is 22.4 Å². The molecule has 34 valence electrons. The number of hydrogen-bond acceptors (Lipinski definition) is 2. The highest BCUT2D eigenvalue weighted by Gasteiger charge is 2.15. The summed E-state index contributed by atoms with van der Waals surface area (Å²) in [6, 6.07) is 0. The fourth-order valence-corrected chi connectivity index (χ4v) is 3.96. The Hall–Kier alpha value is 1.49. The summed E-state index contributed by atoms with van der Waals surface area (Å²) in [6.07, 6.45) is 0. The highest BCUT2D eigenvalue weighted by molar-refractivity contribution is 14.1. The number of halogens is 1. The second-order valence-corrected chi connectivity index (χ2v) is 6.68. The van der Waals surface area contributed by atoms with E-state index >= 15 is 0 Å². The lowest BCUT2D eigenvalue weighted by Crippen LogP contribution is -1.75. The predicted molar refractivity (Wildman–Crippen MR) is 44.7 cm³/mol. The van der Waals surface area contributed by atoms with Gasteiger partial charge >= 0.3 is 3.13 Å². The van der Waals surface area contributed by atoms with E-state index in [0.29, 0.717) is 0 Å². The molecule has 0 saturated carbocycles. The molecule has 1 fully saturated rings. The molecule has 0 unspecified atom stereocenters. The van der Waals surface area contributed by atoms with Gasteiger partial charge in [-0.1, -0.05) is 0 Å². The minimum Gasteiger partial charge on any atom is -0.183 e. The molecule has 0 aromatic heterocycles. The van der Waals surface area contributed by atoms with E-state index < -0.39 is 0 Å². The lowest BCUT2D eigenvalue weighted by molar-refractivity contribution is 1.59. The van der Waals surface area contributed by atoms with Crippen LogP contribution in [0.5, 0.6) is 0 Å². The first kappa shape index (κ1) is 5.63. The van der Waals surface area contributed by atoms with Crippen molar-refractivity contribution in [3.63, 3.8) is 0 Å². The van der Waals surface area contributed by atoms with Crippen molar-refractivity contribution in [1.82, 2.24) is 0 Å². The molecular formula is C2H4BIS2. The summed E-state index contributed by atoms with van der Waals surface area (Å²) in [7, 11) is 0. The van der Waals surface area contributed by atoms with Crippen LogP contribution in [-0.2, 0) is 0 Å². The standard InChI is InChI=1S/C2H4BIS2/c4-3-5-1-2-6-3/h1-2H2. The quantitative estimate of drug-likeness (QED) is 0.460. The fourth-order valence-electron chi connectivity index (χ4n) is 0.330. The van der Waals surface area contributed by atoms with E-state index in [1.54, 1.807) is 0 Å². The van der Waals surface area contributed by atoms with Gasteiger partial charge < -0.3 is 0 Å². The van der Waals surface area contributed by atoms with Gasteiger partial charge in [0.2, 0.25) is 0 Å². The normalized spacial score (nSPS) is 22.5. The first-order valence-electron chi connectivity index (χ1n) is 1.77. The van der Waals surface area contributed by atoms with Gasteiger partial charge in [0.15, 0.2) is 0 Å². The maximum Gasteiger partial charge on any atom is 0.346 e. The summed E-state index contributed by atoms with van der Waals surface area (Å²) in [6.45, 7) is 0. The molecule has 0 amide bonds. The van der Waals surface area contributed by atoms with Gasteiger partial charge in [-0.05, 0) is 11.5 Å². The zero-order valence-electron chi connectivity index (χ0n) is 3.19. The summed E-state index contributed by atoms with van der Waals surface area (Å²) in [5, 5.41) is 0. The van der Waals surface area contributed by atoms with E-state index in [4.69, 9.17) is 0 Å².